The zero-order valence-electron chi connectivity index (χ0n) is 11.8. The summed E-state index contributed by atoms with van der Waals surface area (Å²) in [5.74, 6) is 0. The van der Waals surface area contributed by atoms with Gasteiger partial charge < -0.3 is 10.6 Å². The maximum Gasteiger partial charge on any atom is 0.416 e. The second-order valence-corrected chi connectivity index (χ2v) is 5.71. The smallest absolute Gasteiger partial charge is 0.333 e. The Kier molecular flexibility index (Phi) is 5.07. The molecule has 1 heterocycles. The van der Waals surface area contributed by atoms with Crippen LogP contribution < -0.4 is 10.6 Å². The Bertz CT molecular complexity index is 677. The molecule has 10 heteroatoms. The molecule has 0 radical (unpaired) electrons. The lowest BCUT2D eigenvalue weighted by Crippen LogP contribution is -2.28. The van der Waals surface area contributed by atoms with Gasteiger partial charge in [-0.2, -0.15) is 26.3 Å². The van der Waals surface area contributed by atoms with Gasteiger partial charge in [-0.15, -0.1) is 11.3 Å². The molecule has 130 valence electrons. The van der Waals surface area contributed by atoms with Gasteiger partial charge in [0.2, 0.25) is 0 Å². The summed E-state index contributed by atoms with van der Waals surface area (Å²) < 4.78 is 76.3. The molecule has 24 heavy (non-hydrogen) atoms. The van der Waals surface area contributed by atoms with Gasteiger partial charge in [0.15, 0.2) is 0 Å². The Morgan fingerprint density at radius 3 is 2.04 bits per heavy atom. The number of hydrogen-bond donors (Lipinski definition) is 2. The number of carbonyl (C=O) groups is 1. The van der Waals surface area contributed by atoms with Gasteiger partial charge in [-0.05, 0) is 29.6 Å². The number of anilines is 1. The average molecular weight is 368 g/mol. The van der Waals surface area contributed by atoms with E-state index in [1.807, 2.05) is 5.32 Å². The fourth-order valence-electron chi connectivity index (χ4n) is 1.78. The zero-order chi connectivity index (χ0) is 18.0. The summed E-state index contributed by atoms with van der Waals surface area (Å²) in [6, 6.07) is 3.43. The van der Waals surface area contributed by atoms with E-state index in [2.05, 4.69) is 5.32 Å². The Morgan fingerprint density at radius 1 is 1.00 bits per heavy atom. The first-order chi connectivity index (χ1) is 11.1. The maximum atomic E-state index is 12.7. The van der Waals surface area contributed by atoms with E-state index in [1.54, 1.807) is 17.5 Å². The van der Waals surface area contributed by atoms with Gasteiger partial charge in [-0.25, -0.2) is 4.79 Å². The summed E-state index contributed by atoms with van der Waals surface area (Å²) in [5.41, 5.74) is -3.59. The highest BCUT2D eigenvalue weighted by molar-refractivity contribution is 7.09. The van der Waals surface area contributed by atoms with Gasteiger partial charge in [0.1, 0.15) is 0 Å². The normalized spacial score (nSPS) is 12.1. The van der Waals surface area contributed by atoms with E-state index in [-0.39, 0.29) is 12.6 Å². The van der Waals surface area contributed by atoms with Gasteiger partial charge in [0, 0.05) is 10.6 Å². The number of thiophene rings is 1. The van der Waals surface area contributed by atoms with Crippen LogP contribution in [0.1, 0.15) is 16.0 Å². The monoisotopic (exact) mass is 368 g/mol. The molecule has 2 rings (SSSR count). The number of rotatable bonds is 3. The minimum atomic E-state index is -4.97. The molecule has 0 fully saturated rings. The number of alkyl halides is 6. The molecule has 2 N–H and O–H groups in total. The third kappa shape index (κ3) is 4.88. The molecule has 0 saturated heterocycles. The number of carbonyl (C=O) groups excluding carboxylic acids is 1. The molecule has 0 spiro atoms. The van der Waals surface area contributed by atoms with Crippen molar-refractivity contribution in [2.75, 3.05) is 5.32 Å². The van der Waals surface area contributed by atoms with Crippen molar-refractivity contribution >= 4 is 23.1 Å². The van der Waals surface area contributed by atoms with Crippen LogP contribution in [0.4, 0.5) is 36.8 Å². The van der Waals surface area contributed by atoms with Crippen LogP contribution in [0.15, 0.2) is 35.7 Å². The van der Waals surface area contributed by atoms with E-state index in [9.17, 15) is 31.1 Å². The Morgan fingerprint density at radius 2 is 1.58 bits per heavy atom. The minimum absolute atomic E-state index is 0.00522. The van der Waals surface area contributed by atoms with Gasteiger partial charge in [0.05, 0.1) is 17.7 Å². The van der Waals surface area contributed by atoms with Crippen LogP contribution in [0, 0.1) is 0 Å². The first-order valence-corrected chi connectivity index (χ1v) is 7.30. The van der Waals surface area contributed by atoms with Crippen molar-refractivity contribution in [3.8, 4) is 0 Å². The molecule has 0 aliphatic rings. The van der Waals surface area contributed by atoms with E-state index >= 15 is 0 Å². The lowest BCUT2D eigenvalue weighted by atomic mass is 10.1. The van der Waals surface area contributed by atoms with Crippen LogP contribution in [0.5, 0.6) is 0 Å². The average Bonchev–Trinajstić information content (AvgIpc) is 2.96. The third-order valence-corrected chi connectivity index (χ3v) is 3.73. The van der Waals surface area contributed by atoms with Crippen molar-refractivity contribution in [1.29, 1.82) is 0 Å². The number of urea groups is 1. The van der Waals surface area contributed by atoms with Crippen LogP contribution in [0.3, 0.4) is 0 Å². The van der Waals surface area contributed by atoms with Crippen LogP contribution in [-0.2, 0) is 18.9 Å². The van der Waals surface area contributed by atoms with Crippen molar-refractivity contribution in [1.82, 2.24) is 5.32 Å². The molecule has 1 aromatic carbocycles. The highest BCUT2D eigenvalue weighted by atomic mass is 32.1. The SMILES string of the molecule is O=C(NCc1cccs1)Nc1cc(C(F)(F)F)cc(C(F)(F)F)c1. The van der Waals surface area contributed by atoms with Crippen molar-refractivity contribution in [3.05, 3.63) is 51.7 Å². The molecule has 0 atom stereocenters. The molecule has 0 unspecified atom stereocenters. The number of hydrogen-bond acceptors (Lipinski definition) is 2. The molecule has 0 bridgehead atoms. The second-order valence-electron chi connectivity index (χ2n) is 4.68. The largest absolute Gasteiger partial charge is 0.416 e. The summed E-state index contributed by atoms with van der Waals surface area (Å²) in [6.45, 7) is 0.106. The first kappa shape index (κ1) is 18.1. The molecule has 2 aromatic rings. The van der Waals surface area contributed by atoms with E-state index in [0.29, 0.717) is 12.1 Å². The van der Waals surface area contributed by atoms with E-state index in [0.717, 1.165) is 4.88 Å². The summed E-state index contributed by atoms with van der Waals surface area (Å²) in [5, 5.41) is 6.09. The zero-order valence-corrected chi connectivity index (χ0v) is 12.6. The summed E-state index contributed by atoms with van der Waals surface area (Å²) in [7, 11) is 0. The van der Waals surface area contributed by atoms with Gasteiger partial charge in [-0.1, -0.05) is 6.07 Å². The molecule has 0 saturated carbocycles. The molecule has 0 aliphatic carbocycles. The van der Waals surface area contributed by atoms with Gasteiger partial charge >= 0.3 is 18.4 Å². The second kappa shape index (κ2) is 6.71. The standard InChI is InChI=1S/C14H10F6N2OS/c15-13(16,17)8-4-9(14(18,19)20)6-10(5-8)22-12(23)21-7-11-2-1-3-24-11/h1-6H,7H2,(H2,21,22,23). The van der Waals surface area contributed by atoms with E-state index in [1.165, 1.54) is 11.3 Å². The lowest BCUT2D eigenvalue weighted by Gasteiger charge is -2.15. The number of nitrogens with one attached hydrogen (secondary N) is 2. The van der Waals surface area contributed by atoms with E-state index < -0.39 is 35.2 Å². The molecular weight excluding hydrogens is 358 g/mol. The molecule has 1 aromatic heterocycles. The predicted octanol–water partition coefficient (Wildman–Crippen LogP) is 5.11. The minimum Gasteiger partial charge on any atom is -0.333 e. The number of benzene rings is 1. The van der Waals surface area contributed by atoms with Crippen LogP contribution in [0.2, 0.25) is 0 Å². The summed E-state index contributed by atoms with van der Waals surface area (Å²) in [4.78, 5) is 12.4. The number of halogens is 6. The Hall–Kier alpha value is -2.23. The van der Waals surface area contributed by atoms with Crippen LogP contribution in [0.25, 0.3) is 0 Å². The molecular formula is C14H10F6N2OS. The highest BCUT2D eigenvalue weighted by Crippen LogP contribution is 2.37. The lowest BCUT2D eigenvalue weighted by molar-refractivity contribution is -0.143. The topological polar surface area (TPSA) is 41.1 Å². The van der Waals surface area contributed by atoms with Crippen LogP contribution in [-0.4, -0.2) is 6.03 Å². The number of amides is 2. The quantitative estimate of drug-likeness (QED) is 0.727. The molecule has 0 aliphatic heterocycles. The predicted molar refractivity (Wildman–Crippen MR) is 76.6 cm³/mol. The summed E-state index contributed by atoms with van der Waals surface area (Å²) >= 11 is 1.34. The Balaban J connectivity index is 2.17. The molecule has 2 amide bonds. The van der Waals surface area contributed by atoms with Gasteiger partial charge in [0.25, 0.3) is 0 Å². The van der Waals surface area contributed by atoms with Crippen LogP contribution >= 0.6 is 11.3 Å². The highest BCUT2D eigenvalue weighted by Gasteiger charge is 2.37. The fraction of sp³-hybridized carbons (Fsp3) is 0.214. The molecule has 3 nitrogen and oxygen atoms in total. The van der Waals surface area contributed by atoms with E-state index in [4.69, 9.17) is 0 Å². The Labute approximate surface area is 136 Å². The summed E-state index contributed by atoms with van der Waals surface area (Å²) in [6.07, 6.45) is -9.93. The third-order valence-electron chi connectivity index (χ3n) is 2.85. The van der Waals surface area contributed by atoms with Crippen molar-refractivity contribution in [2.45, 2.75) is 18.9 Å². The van der Waals surface area contributed by atoms with Gasteiger partial charge in [-0.3, -0.25) is 0 Å². The van der Waals surface area contributed by atoms with Crippen molar-refractivity contribution in [2.24, 2.45) is 0 Å². The fourth-order valence-corrected chi connectivity index (χ4v) is 2.43. The first-order valence-electron chi connectivity index (χ1n) is 6.42. The maximum absolute atomic E-state index is 12.7. The van der Waals surface area contributed by atoms with Crippen molar-refractivity contribution in [3.63, 3.8) is 0 Å². The van der Waals surface area contributed by atoms with Crippen molar-refractivity contribution < 1.29 is 31.1 Å².